The Morgan fingerprint density at radius 3 is 2.38 bits per heavy atom. The van der Waals surface area contributed by atoms with Gasteiger partial charge in [0.15, 0.2) is 0 Å². The van der Waals surface area contributed by atoms with Crippen LogP contribution in [0.25, 0.3) is 0 Å². The van der Waals surface area contributed by atoms with Gasteiger partial charge in [-0.3, -0.25) is 4.79 Å². The standard InChI is InChI=1S/C21H22FN3O3S/c1-15-10-12-25(13-11-15)29(27,28)17-8-6-16(7-9-17)21(26)24-20(14-23)18-4-2-3-5-19(18)22/h2-9,15,20H,10-13H2,1H3,(H,24,26). The summed E-state index contributed by atoms with van der Waals surface area (Å²) in [6.07, 6.45) is 1.65. The summed E-state index contributed by atoms with van der Waals surface area (Å²) in [5.74, 6) is -0.665. The Morgan fingerprint density at radius 2 is 1.79 bits per heavy atom. The smallest absolute Gasteiger partial charge is 0.252 e. The number of piperidine rings is 1. The van der Waals surface area contributed by atoms with Crippen molar-refractivity contribution in [3.8, 4) is 6.07 Å². The van der Waals surface area contributed by atoms with Gasteiger partial charge in [-0.25, -0.2) is 12.8 Å². The molecule has 0 saturated carbocycles. The van der Waals surface area contributed by atoms with E-state index in [1.165, 1.54) is 46.8 Å². The van der Waals surface area contributed by atoms with E-state index in [2.05, 4.69) is 12.2 Å². The molecule has 1 saturated heterocycles. The first-order valence-corrected chi connectivity index (χ1v) is 10.8. The Balaban J connectivity index is 1.73. The first-order chi connectivity index (χ1) is 13.8. The molecule has 29 heavy (non-hydrogen) atoms. The van der Waals surface area contributed by atoms with Crippen LogP contribution >= 0.6 is 0 Å². The van der Waals surface area contributed by atoms with E-state index in [0.717, 1.165) is 12.8 Å². The quantitative estimate of drug-likeness (QED) is 0.812. The molecule has 3 rings (SSSR count). The van der Waals surface area contributed by atoms with E-state index in [1.807, 2.05) is 6.07 Å². The molecular formula is C21H22FN3O3S. The van der Waals surface area contributed by atoms with Crippen LogP contribution in [0.4, 0.5) is 4.39 Å². The van der Waals surface area contributed by atoms with Crippen molar-refractivity contribution in [2.75, 3.05) is 13.1 Å². The molecule has 2 aromatic rings. The second kappa shape index (κ2) is 8.72. The van der Waals surface area contributed by atoms with Crippen molar-refractivity contribution < 1.29 is 17.6 Å². The minimum absolute atomic E-state index is 0.0712. The molecule has 6 nitrogen and oxygen atoms in total. The Hall–Kier alpha value is -2.76. The van der Waals surface area contributed by atoms with Gasteiger partial charge in [0.1, 0.15) is 11.9 Å². The number of nitrogens with zero attached hydrogens (tertiary/aromatic N) is 2. The number of sulfonamides is 1. The maximum atomic E-state index is 13.9. The van der Waals surface area contributed by atoms with Crippen LogP contribution in [0.2, 0.25) is 0 Å². The van der Waals surface area contributed by atoms with E-state index in [9.17, 15) is 22.9 Å². The van der Waals surface area contributed by atoms with Gasteiger partial charge in [0.05, 0.1) is 11.0 Å². The second-order valence-corrected chi connectivity index (χ2v) is 9.11. The predicted molar refractivity (Wildman–Crippen MR) is 106 cm³/mol. The molecule has 1 aliphatic rings. The van der Waals surface area contributed by atoms with Gasteiger partial charge in [0.25, 0.3) is 5.91 Å². The summed E-state index contributed by atoms with van der Waals surface area (Å²) in [6.45, 7) is 3.07. The third kappa shape index (κ3) is 4.63. The van der Waals surface area contributed by atoms with Crippen LogP contribution in [0.5, 0.6) is 0 Å². The van der Waals surface area contributed by atoms with Gasteiger partial charge in [-0.15, -0.1) is 0 Å². The molecule has 1 N–H and O–H groups in total. The number of amides is 1. The third-order valence-electron chi connectivity index (χ3n) is 5.12. The number of benzene rings is 2. The fourth-order valence-electron chi connectivity index (χ4n) is 3.26. The first kappa shape index (κ1) is 21.0. The summed E-state index contributed by atoms with van der Waals surface area (Å²) in [4.78, 5) is 12.6. The Morgan fingerprint density at radius 1 is 1.17 bits per heavy atom. The van der Waals surface area contributed by atoms with Crippen LogP contribution in [0.3, 0.4) is 0 Å². The average Bonchev–Trinajstić information content (AvgIpc) is 2.73. The van der Waals surface area contributed by atoms with Gasteiger partial charge >= 0.3 is 0 Å². The maximum Gasteiger partial charge on any atom is 0.252 e. The molecule has 8 heteroatoms. The molecule has 0 spiro atoms. The van der Waals surface area contributed by atoms with Gasteiger partial charge in [-0.2, -0.15) is 9.57 Å². The Bertz CT molecular complexity index is 1020. The Kier molecular flexibility index (Phi) is 6.30. The molecule has 1 amide bonds. The zero-order valence-corrected chi connectivity index (χ0v) is 16.8. The molecule has 1 heterocycles. The van der Waals surface area contributed by atoms with Crippen LogP contribution in [-0.2, 0) is 10.0 Å². The van der Waals surface area contributed by atoms with E-state index in [0.29, 0.717) is 19.0 Å². The predicted octanol–water partition coefficient (Wildman–Crippen LogP) is 3.24. The minimum atomic E-state index is -3.60. The van der Waals surface area contributed by atoms with Crippen molar-refractivity contribution in [1.29, 1.82) is 5.26 Å². The van der Waals surface area contributed by atoms with Crippen LogP contribution in [0.1, 0.15) is 41.7 Å². The van der Waals surface area contributed by atoms with Crippen molar-refractivity contribution in [2.24, 2.45) is 5.92 Å². The molecule has 0 aromatic heterocycles. The highest BCUT2D eigenvalue weighted by atomic mass is 32.2. The Labute approximate surface area is 170 Å². The summed E-state index contributed by atoms with van der Waals surface area (Å²) >= 11 is 0. The summed E-state index contributed by atoms with van der Waals surface area (Å²) in [5.41, 5.74) is 0.259. The molecule has 0 bridgehead atoms. The van der Waals surface area contributed by atoms with E-state index in [-0.39, 0.29) is 16.0 Å². The highest BCUT2D eigenvalue weighted by Gasteiger charge is 2.28. The highest BCUT2D eigenvalue weighted by molar-refractivity contribution is 7.89. The van der Waals surface area contributed by atoms with Crippen LogP contribution in [0.15, 0.2) is 53.4 Å². The van der Waals surface area contributed by atoms with Crippen LogP contribution < -0.4 is 5.32 Å². The number of halogens is 1. The van der Waals surface area contributed by atoms with Gasteiger partial charge in [-0.05, 0) is 49.1 Å². The molecule has 152 valence electrons. The molecule has 2 aromatic carbocycles. The van der Waals surface area contributed by atoms with Gasteiger partial charge in [0.2, 0.25) is 10.0 Å². The third-order valence-corrected chi connectivity index (χ3v) is 7.03. The van der Waals surface area contributed by atoms with Crippen LogP contribution in [0, 0.1) is 23.1 Å². The lowest BCUT2D eigenvalue weighted by Gasteiger charge is -2.29. The molecule has 1 atom stereocenters. The summed E-state index contributed by atoms with van der Waals surface area (Å²) < 4.78 is 40.9. The molecule has 1 fully saturated rings. The fraction of sp³-hybridized carbons (Fsp3) is 0.333. The number of carbonyl (C=O) groups excluding carboxylic acids is 1. The van der Waals surface area contributed by atoms with E-state index in [4.69, 9.17) is 0 Å². The lowest BCUT2D eigenvalue weighted by Crippen LogP contribution is -2.37. The maximum absolute atomic E-state index is 13.9. The van der Waals surface area contributed by atoms with Crippen molar-refractivity contribution in [3.05, 3.63) is 65.5 Å². The van der Waals surface area contributed by atoms with Gasteiger partial charge in [0, 0.05) is 24.2 Å². The lowest BCUT2D eigenvalue weighted by molar-refractivity contribution is 0.0944. The molecule has 0 radical (unpaired) electrons. The fourth-order valence-corrected chi connectivity index (χ4v) is 4.73. The second-order valence-electron chi connectivity index (χ2n) is 7.17. The number of rotatable bonds is 5. The average molecular weight is 415 g/mol. The normalized spacial score (nSPS) is 16.7. The lowest BCUT2D eigenvalue weighted by atomic mass is 10.0. The largest absolute Gasteiger partial charge is 0.332 e. The van der Waals surface area contributed by atoms with Crippen molar-refractivity contribution in [1.82, 2.24) is 9.62 Å². The zero-order valence-electron chi connectivity index (χ0n) is 16.0. The number of carbonyl (C=O) groups is 1. The van der Waals surface area contributed by atoms with E-state index in [1.54, 1.807) is 6.07 Å². The van der Waals surface area contributed by atoms with Crippen molar-refractivity contribution in [3.63, 3.8) is 0 Å². The number of hydrogen-bond donors (Lipinski definition) is 1. The molecule has 1 unspecified atom stereocenters. The van der Waals surface area contributed by atoms with Crippen LogP contribution in [-0.4, -0.2) is 31.7 Å². The first-order valence-electron chi connectivity index (χ1n) is 9.38. The van der Waals surface area contributed by atoms with Gasteiger partial charge < -0.3 is 5.32 Å². The number of nitrogens with one attached hydrogen (secondary N) is 1. The summed E-state index contributed by atoms with van der Waals surface area (Å²) in [7, 11) is -3.60. The molecule has 0 aliphatic carbocycles. The summed E-state index contributed by atoms with van der Waals surface area (Å²) in [6, 6.07) is 12.0. The number of hydrogen-bond acceptors (Lipinski definition) is 4. The summed E-state index contributed by atoms with van der Waals surface area (Å²) in [5, 5.41) is 11.8. The topological polar surface area (TPSA) is 90.3 Å². The van der Waals surface area contributed by atoms with Crippen molar-refractivity contribution >= 4 is 15.9 Å². The van der Waals surface area contributed by atoms with E-state index < -0.39 is 27.8 Å². The molecular weight excluding hydrogens is 393 g/mol. The zero-order chi connectivity index (χ0) is 21.0. The monoisotopic (exact) mass is 415 g/mol. The van der Waals surface area contributed by atoms with Crippen molar-refractivity contribution in [2.45, 2.75) is 30.7 Å². The number of nitriles is 1. The SMILES string of the molecule is CC1CCN(S(=O)(=O)c2ccc(C(=O)NC(C#N)c3ccccc3F)cc2)CC1. The minimum Gasteiger partial charge on any atom is -0.332 e. The highest BCUT2D eigenvalue weighted by Crippen LogP contribution is 2.24. The molecule has 1 aliphatic heterocycles. The van der Waals surface area contributed by atoms with E-state index >= 15 is 0 Å². The van der Waals surface area contributed by atoms with Gasteiger partial charge in [-0.1, -0.05) is 25.1 Å².